The molecule has 1 heterocycles. The number of carbonyl (C=O) groups excluding carboxylic acids is 2. The second kappa shape index (κ2) is 9.63. The van der Waals surface area contributed by atoms with Crippen LogP contribution < -0.4 is 10.6 Å². The number of aryl methyl sites for hydroxylation is 1. The van der Waals surface area contributed by atoms with E-state index >= 15 is 0 Å². The number of nitrogens with two attached hydrogens (primary N) is 1. The van der Waals surface area contributed by atoms with E-state index in [1.54, 1.807) is 35.6 Å². The van der Waals surface area contributed by atoms with Crippen molar-refractivity contribution in [3.05, 3.63) is 87.6 Å². The SMILES string of the molecule is CCc1ccc([C@@H]([NH2+][C@@H](C)C(=O)Nc2ccc(C(C)=O)cc2)c2cccs2)cc1. The van der Waals surface area contributed by atoms with Crippen LogP contribution in [0.4, 0.5) is 5.69 Å². The van der Waals surface area contributed by atoms with E-state index in [0.717, 1.165) is 6.42 Å². The van der Waals surface area contributed by atoms with Gasteiger partial charge in [0.1, 0.15) is 6.04 Å². The lowest BCUT2D eigenvalue weighted by Crippen LogP contribution is -2.92. The number of ketones is 1. The third kappa shape index (κ3) is 5.40. The smallest absolute Gasteiger partial charge is 0.282 e. The molecule has 0 unspecified atom stereocenters. The first-order valence-corrected chi connectivity index (χ1v) is 10.7. The van der Waals surface area contributed by atoms with Crippen molar-refractivity contribution in [2.75, 3.05) is 5.32 Å². The van der Waals surface area contributed by atoms with E-state index in [2.05, 4.69) is 53.3 Å². The van der Waals surface area contributed by atoms with Crippen molar-refractivity contribution in [2.45, 2.75) is 39.3 Å². The maximum atomic E-state index is 12.8. The molecule has 3 rings (SSSR count). The zero-order chi connectivity index (χ0) is 20.8. The fourth-order valence-corrected chi connectivity index (χ4v) is 4.05. The lowest BCUT2D eigenvalue weighted by Gasteiger charge is -2.20. The second-order valence-electron chi connectivity index (χ2n) is 7.19. The van der Waals surface area contributed by atoms with Crippen LogP contribution in [-0.2, 0) is 11.2 Å². The van der Waals surface area contributed by atoms with Crippen molar-refractivity contribution < 1.29 is 14.9 Å². The number of nitrogens with one attached hydrogen (secondary N) is 1. The minimum Gasteiger partial charge on any atom is -0.326 e. The number of carbonyl (C=O) groups is 2. The molecule has 0 fully saturated rings. The van der Waals surface area contributed by atoms with Crippen molar-refractivity contribution in [1.82, 2.24) is 0 Å². The number of amides is 1. The number of Topliss-reactive ketones (excluding diaryl/α,β-unsaturated/α-hetero) is 1. The van der Waals surface area contributed by atoms with Gasteiger partial charge in [-0.2, -0.15) is 0 Å². The quantitative estimate of drug-likeness (QED) is 0.550. The van der Waals surface area contributed by atoms with Crippen LogP contribution in [-0.4, -0.2) is 17.7 Å². The minimum absolute atomic E-state index is 0.0115. The molecule has 0 spiro atoms. The Bertz CT molecular complexity index is 948. The van der Waals surface area contributed by atoms with Crippen molar-refractivity contribution >= 4 is 28.7 Å². The van der Waals surface area contributed by atoms with Crippen molar-refractivity contribution in [2.24, 2.45) is 0 Å². The van der Waals surface area contributed by atoms with Gasteiger partial charge in [-0.05, 0) is 61.5 Å². The number of hydrogen-bond donors (Lipinski definition) is 2. The molecule has 1 aromatic heterocycles. The van der Waals surface area contributed by atoms with E-state index in [0.29, 0.717) is 11.3 Å². The predicted octanol–water partition coefficient (Wildman–Crippen LogP) is 4.19. The monoisotopic (exact) mass is 407 g/mol. The van der Waals surface area contributed by atoms with Crippen molar-refractivity contribution in [1.29, 1.82) is 0 Å². The van der Waals surface area contributed by atoms with Gasteiger partial charge in [0, 0.05) is 16.8 Å². The van der Waals surface area contributed by atoms with Crippen LogP contribution in [0.15, 0.2) is 66.0 Å². The van der Waals surface area contributed by atoms with Crippen LogP contribution in [0.1, 0.15) is 53.2 Å². The summed E-state index contributed by atoms with van der Waals surface area (Å²) in [4.78, 5) is 25.4. The number of quaternary nitrogens is 1. The Kier molecular flexibility index (Phi) is 6.96. The van der Waals surface area contributed by atoms with Crippen LogP contribution in [0.25, 0.3) is 0 Å². The lowest BCUT2D eigenvalue weighted by atomic mass is 10.0. The van der Waals surface area contributed by atoms with Gasteiger partial charge < -0.3 is 10.6 Å². The van der Waals surface area contributed by atoms with E-state index in [-0.39, 0.29) is 23.8 Å². The van der Waals surface area contributed by atoms with E-state index in [1.165, 1.54) is 22.9 Å². The highest BCUT2D eigenvalue weighted by molar-refractivity contribution is 7.10. The Hall–Kier alpha value is -2.76. The van der Waals surface area contributed by atoms with E-state index in [1.807, 2.05) is 13.0 Å². The number of thiophene rings is 1. The zero-order valence-corrected chi connectivity index (χ0v) is 17.8. The molecule has 150 valence electrons. The van der Waals surface area contributed by atoms with Crippen LogP contribution in [0.5, 0.6) is 0 Å². The zero-order valence-electron chi connectivity index (χ0n) is 17.0. The minimum atomic E-state index is -0.277. The molecule has 0 radical (unpaired) electrons. The fourth-order valence-electron chi connectivity index (χ4n) is 3.22. The lowest BCUT2D eigenvalue weighted by molar-refractivity contribution is -0.703. The number of rotatable bonds is 8. The molecular formula is C24H27N2O2S+. The first-order chi connectivity index (χ1) is 14.0. The molecule has 29 heavy (non-hydrogen) atoms. The summed E-state index contributed by atoms with van der Waals surface area (Å²) in [6.45, 7) is 5.59. The summed E-state index contributed by atoms with van der Waals surface area (Å²) >= 11 is 1.70. The van der Waals surface area contributed by atoms with Gasteiger partial charge in [0.05, 0.1) is 4.88 Å². The Balaban J connectivity index is 1.72. The standard InChI is InChI=1S/C24H26N2O2S/c1-4-18-7-9-20(10-8-18)23(22-6-5-15-29-22)25-16(2)24(28)26-21-13-11-19(12-14-21)17(3)27/h5-16,23,25H,4H2,1-3H3,(H,26,28)/p+1/t16-,23+/m0/s1. The average molecular weight is 408 g/mol. The molecule has 0 aliphatic carbocycles. The van der Waals surface area contributed by atoms with Crippen LogP contribution in [0, 0.1) is 0 Å². The van der Waals surface area contributed by atoms with Crippen LogP contribution >= 0.6 is 11.3 Å². The maximum absolute atomic E-state index is 12.8. The Labute approximate surface area is 176 Å². The normalized spacial score (nSPS) is 12.9. The third-order valence-corrected chi connectivity index (χ3v) is 6.01. The average Bonchev–Trinajstić information content (AvgIpc) is 3.27. The summed E-state index contributed by atoms with van der Waals surface area (Å²) in [5.74, 6) is -0.0511. The molecule has 0 aliphatic heterocycles. The molecule has 1 amide bonds. The predicted molar refractivity (Wildman–Crippen MR) is 118 cm³/mol. The van der Waals surface area contributed by atoms with Gasteiger partial charge in [0.15, 0.2) is 11.8 Å². The van der Waals surface area contributed by atoms with Crippen molar-refractivity contribution in [3.8, 4) is 0 Å². The van der Waals surface area contributed by atoms with Gasteiger partial charge in [0.25, 0.3) is 5.91 Å². The largest absolute Gasteiger partial charge is 0.326 e. The highest BCUT2D eigenvalue weighted by Gasteiger charge is 2.25. The number of anilines is 1. The van der Waals surface area contributed by atoms with Gasteiger partial charge in [-0.15, -0.1) is 11.3 Å². The summed E-state index contributed by atoms with van der Waals surface area (Å²) in [6.07, 6.45) is 1.01. The summed E-state index contributed by atoms with van der Waals surface area (Å²) in [6, 6.07) is 19.6. The van der Waals surface area contributed by atoms with Gasteiger partial charge in [0.2, 0.25) is 0 Å². The molecule has 3 N–H and O–H groups in total. The summed E-state index contributed by atoms with van der Waals surface area (Å²) < 4.78 is 0. The molecule has 5 heteroatoms. The molecule has 2 aromatic carbocycles. The molecule has 0 saturated carbocycles. The molecule has 4 nitrogen and oxygen atoms in total. The van der Waals surface area contributed by atoms with E-state index < -0.39 is 0 Å². The van der Waals surface area contributed by atoms with Gasteiger partial charge >= 0.3 is 0 Å². The Morgan fingerprint density at radius 3 is 2.28 bits per heavy atom. The fraction of sp³-hybridized carbons (Fsp3) is 0.250. The van der Waals surface area contributed by atoms with Gasteiger partial charge in [-0.3, -0.25) is 9.59 Å². The molecule has 0 bridgehead atoms. The van der Waals surface area contributed by atoms with Crippen LogP contribution in [0.3, 0.4) is 0 Å². The van der Waals surface area contributed by atoms with Gasteiger partial charge in [-0.25, -0.2) is 0 Å². The Morgan fingerprint density at radius 2 is 1.72 bits per heavy atom. The first kappa shape index (κ1) is 21.0. The van der Waals surface area contributed by atoms with Crippen molar-refractivity contribution in [3.63, 3.8) is 0 Å². The molecule has 0 saturated heterocycles. The highest BCUT2D eigenvalue weighted by Crippen LogP contribution is 2.23. The third-order valence-electron chi connectivity index (χ3n) is 5.05. The van der Waals surface area contributed by atoms with Crippen LogP contribution in [0.2, 0.25) is 0 Å². The Morgan fingerprint density at radius 1 is 1.03 bits per heavy atom. The number of benzene rings is 2. The molecule has 3 aromatic rings. The topological polar surface area (TPSA) is 62.8 Å². The second-order valence-corrected chi connectivity index (χ2v) is 8.17. The summed E-state index contributed by atoms with van der Waals surface area (Å²) in [5.41, 5.74) is 3.82. The molecule has 0 aliphatic rings. The van der Waals surface area contributed by atoms with E-state index in [9.17, 15) is 9.59 Å². The molecular weight excluding hydrogens is 380 g/mol. The summed E-state index contributed by atoms with van der Waals surface area (Å²) in [5, 5.41) is 7.12. The number of hydrogen-bond acceptors (Lipinski definition) is 3. The van der Waals surface area contributed by atoms with Gasteiger partial charge in [-0.1, -0.05) is 37.3 Å². The maximum Gasteiger partial charge on any atom is 0.282 e. The highest BCUT2D eigenvalue weighted by atomic mass is 32.1. The molecule has 2 atom stereocenters. The summed E-state index contributed by atoms with van der Waals surface area (Å²) in [7, 11) is 0. The first-order valence-electron chi connectivity index (χ1n) is 9.87. The van der Waals surface area contributed by atoms with E-state index in [4.69, 9.17) is 0 Å².